The number of carboxylic acids is 1. The molecule has 0 bridgehead atoms. The third-order valence-electron chi connectivity index (χ3n) is 6.06. The number of nitrogens with zero attached hydrogens (tertiary/aromatic N) is 2. The summed E-state index contributed by atoms with van der Waals surface area (Å²) < 4.78 is 5.61. The van der Waals surface area contributed by atoms with E-state index in [1.165, 1.54) is 31.2 Å². The molecule has 8 heteroatoms. The molecule has 0 saturated carbocycles. The van der Waals surface area contributed by atoms with E-state index in [4.69, 9.17) is 14.8 Å². The zero-order valence-electron chi connectivity index (χ0n) is 19.4. The van der Waals surface area contributed by atoms with Crippen molar-refractivity contribution in [2.75, 3.05) is 11.9 Å². The molecule has 0 saturated heterocycles. The van der Waals surface area contributed by atoms with Crippen LogP contribution in [-0.2, 0) is 22.5 Å². The number of aromatic carboxylic acids is 1. The van der Waals surface area contributed by atoms with Crippen LogP contribution in [0.2, 0.25) is 0 Å². The Labute approximate surface area is 197 Å². The Balaban J connectivity index is 1.58. The Bertz CT molecular complexity index is 1250. The minimum atomic E-state index is -1.06. The Morgan fingerprint density at radius 3 is 2.44 bits per heavy atom. The van der Waals surface area contributed by atoms with Crippen LogP contribution in [-0.4, -0.2) is 51.5 Å². The Morgan fingerprint density at radius 2 is 1.76 bits per heavy atom. The van der Waals surface area contributed by atoms with Gasteiger partial charge in [-0.25, -0.2) is 9.59 Å². The van der Waals surface area contributed by atoms with Gasteiger partial charge in [-0.2, -0.15) is 0 Å². The van der Waals surface area contributed by atoms with Crippen molar-refractivity contribution in [3.63, 3.8) is 0 Å². The predicted octanol–water partition coefficient (Wildman–Crippen LogP) is 3.88. The maximum Gasteiger partial charge on any atom is 0.339 e. The molecule has 34 heavy (non-hydrogen) atoms. The highest BCUT2D eigenvalue weighted by atomic mass is 16.5. The number of ether oxygens (including phenoxy) is 1. The maximum absolute atomic E-state index is 13.4. The fraction of sp³-hybridized carbons (Fsp3) is 0.308. The average molecular weight is 462 g/mol. The third-order valence-corrected chi connectivity index (χ3v) is 6.06. The van der Waals surface area contributed by atoms with E-state index in [1.54, 1.807) is 0 Å². The summed E-state index contributed by atoms with van der Waals surface area (Å²) in [6, 6.07) is 13.5. The van der Waals surface area contributed by atoms with Gasteiger partial charge in [-0.3, -0.25) is 14.7 Å². The molecule has 1 amide bonds. The number of carboxylic acid groups (broad SMARTS) is 1. The van der Waals surface area contributed by atoms with E-state index in [-0.39, 0.29) is 5.56 Å². The van der Waals surface area contributed by atoms with Crippen LogP contribution in [0.4, 0.5) is 5.69 Å². The van der Waals surface area contributed by atoms with Crippen LogP contribution in [0.3, 0.4) is 0 Å². The number of rotatable bonds is 6. The van der Waals surface area contributed by atoms with Gasteiger partial charge in [-0.1, -0.05) is 18.2 Å². The molecule has 4 rings (SSSR count). The zero-order chi connectivity index (χ0) is 24.4. The molecule has 2 aromatic carbocycles. The van der Waals surface area contributed by atoms with Crippen LogP contribution in [0.5, 0.6) is 0 Å². The molecule has 1 aliphatic rings. The second-order valence-corrected chi connectivity index (χ2v) is 8.66. The molecule has 1 aromatic heterocycles. The number of amides is 1. The summed E-state index contributed by atoms with van der Waals surface area (Å²) in [6.45, 7) is 7.20. The van der Waals surface area contributed by atoms with E-state index in [2.05, 4.69) is 24.1 Å². The average Bonchev–Trinajstić information content (AvgIpc) is 2.82. The summed E-state index contributed by atoms with van der Waals surface area (Å²) in [6.07, 6.45) is -0.319. The van der Waals surface area contributed by atoms with E-state index in [9.17, 15) is 14.4 Å². The molecular weight excluding hydrogens is 434 g/mol. The summed E-state index contributed by atoms with van der Waals surface area (Å²) >= 11 is 0. The van der Waals surface area contributed by atoms with Crippen LogP contribution in [0.25, 0.3) is 10.9 Å². The highest BCUT2D eigenvalue weighted by molar-refractivity contribution is 6.06. The van der Waals surface area contributed by atoms with Crippen molar-refractivity contribution in [1.82, 2.24) is 9.88 Å². The molecule has 0 aliphatic carbocycles. The molecular formula is C26H27N3O5. The summed E-state index contributed by atoms with van der Waals surface area (Å²) in [7, 11) is 0. The minimum absolute atomic E-state index is 0.113. The minimum Gasteiger partial charge on any atom is -0.478 e. The van der Waals surface area contributed by atoms with E-state index < -0.39 is 23.9 Å². The number of benzene rings is 2. The quantitative estimate of drug-likeness (QED) is 0.536. The van der Waals surface area contributed by atoms with Gasteiger partial charge in [0.25, 0.3) is 5.91 Å². The lowest BCUT2D eigenvalue weighted by Crippen LogP contribution is -2.37. The van der Waals surface area contributed by atoms with Crippen LogP contribution in [0.15, 0.2) is 48.5 Å². The van der Waals surface area contributed by atoms with Gasteiger partial charge < -0.3 is 15.2 Å². The largest absolute Gasteiger partial charge is 0.478 e. The van der Waals surface area contributed by atoms with Crippen molar-refractivity contribution in [2.45, 2.75) is 45.9 Å². The number of carbonyl (C=O) groups is 3. The van der Waals surface area contributed by atoms with Gasteiger partial charge in [0.1, 0.15) is 0 Å². The van der Waals surface area contributed by atoms with Crippen LogP contribution in [0.1, 0.15) is 52.7 Å². The van der Waals surface area contributed by atoms with Crippen LogP contribution < -0.4 is 5.32 Å². The molecule has 3 aromatic rings. The first kappa shape index (κ1) is 23.4. The zero-order valence-corrected chi connectivity index (χ0v) is 19.4. The lowest BCUT2D eigenvalue weighted by atomic mass is 9.95. The molecule has 0 spiro atoms. The standard InChI is InChI=1S/C26H27N3O5/c1-15(2)29-13-12-22-20(14-29)23(19-6-4-5-7-21(19)28-22)26(33)34-16(3)24(30)27-18-10-8-17(9-11-18)25(31)32/h4-11,15-16H,12-14H2,1-3H3,(H,27,30)(H,31,32). The van der Waals surface area contributed by atoms with E-state index in [0.717, 1.165) is 29.7 Å². The van der Waals surface area contributed by atoms with E-state index in [0.29, 0.717) is 29.2 Å². The van der Waals surface area contributed by atoms with Gasteiger partial charge >= 0.3 is 11.9 Å². The smallest absolute Gasteiger partial charge is 0.339 e. The Kier molecular flexibility index (Phi) is 6.61. The lowest BCUT2D eigenvalue weighted by molar-refractivity contribution is -0.123. The van der Waals surface area contributed by atoms with Crippen molar-refractivity contribution >= 4 is 34.4 Å². The number of anilines is 1. The summed E-state index contributed by atoms with van der Waals surface area (Å²) in [5.74, 6) is -2.12. The van der Waals surface area contributed by atoms with Crippen molar-refractivity contribution in [1.29, 1.82) is 0 Å². The molecule has 2 N–H and O–H groups in total. The molecule has 1 unspecified atom stereocenters. The van der Waals surface area contributed by atoms with Gasteiger partial charge in [0.15, 0.2) is 6.10 Å². The second kappa shape index (κ2) is 9.61. The molecule has 176 valence electrons. The normalized spacial score (nSPS) is 14.5. The van der Waals surface area contributed by atoms with Gasteiger partial charge in [-0.05, 0) is 51.1 Å². The van der Waals surface area contributed by atoms with E-state index in [1.807, 2.05) is 24.3 Å². The maximum atomic E-state index is 13.4. The van der Waals surface area contributed by atoms with E-state index >= 15 is 0 Å². The topological polar surface area (TPSA) is 109 Å². The number of nitrogens with one attached hydrogen (secondary N) is 1. The van der Waals surface area contributed by atoms with Crippen LogP contribution >= 0.6 is 0 Å². The Morgan fingerprint density at radius 1 is 1.06 bits per heavy atom. The summed E-state index contributed by atoms with van der Waals surface area (Å²) in [5, 5.41) is 12.4. The number of esters is 1. The molecule has 2 heterocycles. The van der Waals surface area contributed by atoms with Gasteiger partial charge in [-0.15, -0.1) is 0 Å². The molecule has 1 atom stereocenters. The molecule has 8 nitrogen and oxygen atoms in total. The van der Waals surface area contributed by atoms with Crippen molar-refractivity contribution in [2.24, 2.45) is 0 Å². The van der Waals surface area contributed by atoms with Gasteiger partial charge in [0.05, 0.1) is 16.6 Å². The molecule has 1 aliphatic heterocycles. The number of hydrogen-bond acceptors (Lipinski definition) is 6. The van der Waals surface area contributed by atoms with Crippen LogP contribution in [0, 0.1) is 0 Å². The fourth-order valence-corrected chi connectivity index (χ4v) is 4.10. The summed E-state index contributed by atoms with van der Waals surface area (Å²) in [5.41, 5.74) is 3.44. The van der Waals surface area contributed by atoms with Gasteiger partial charge in [0.2, 0.25) is 0 Å². The van der Waals surface area contributed by atoms with Crippen molar-refractivity contribution in [3.8, 4) is 0 Å². The summed E-state index contributed by atoms with van der Waals surface area (Å²) in [4.78, 5) is 44.1. The second-order valence-electron chi connectivity index (χ2n) is 8.66. The van der Waals surface area contributed by atoms with Gasteiger partial charge in [0, 0.05) is 47.9 Å². The molecule has 0 fully saturated rings. The number of carbonyl (C=O) groups excluding carboxylic acids is 2. The number of hydrogen-bond donors (Lipinski definition) is 2. The van der Waals surface area contributed by atoms with Crippen molar-refractivity contribution < 1.29 is 24.2 Å². The number of fused-ring (bicyclic) bond motifs is 2. The number of para-hydroxylation sites is 1. The molecule has 0 radical (unpaired) electrons. The highest BCUT2D eigenvalue weighted by Crippen LogP contribution is 2.30. The first-order valence-corrected chi connectivity index (χ1v) is 11.2. The fourth-order valence-electron chi connectivity index (χ4n) is 4.10. The third kappa shape index (κ3) is 4.77. The Hall–Kier alpha value is -3.78. The van der Waals surface area contributed by atoms with Crippen molar-refractivity contribution in [3.05, 3.63) is 70.9 Å². The predicted molar refractivity (Wildman–Crippen MR) is 128 cm³/mol. The number of aromatic nitrogens is 1. The first-order valence-electron chi connectivity index (χ1n) is 11.2. The highest BCUT2D eigenvalue weighted by Gasteiger charge is 2.29. The lowest BCUT2D eigenvalue weighted by Gasteiger charge is -2.32. The number of pyridine rings is 1. The monoisotopic (exact) mass is 461 g/mol. The first-order chi connectivity index (χ1) is 16.2. The SMILES string of the molecule is CC(OC(=O)c1c2c(nc3ccccc13)CCN(C(C)C)C2)C(=O)Nc1ccc(C(=O)O)cc1.